The quantitative estimate of drug-likeness (QED) is 0.648. The smallest absolute Gasteiger partial charge is 0.0663 e. The van der Waals surface area contributed by atoms with Crippen LogP contribution in [0.1, 0.15) is 71.1 Å². The van der Waals surface area contributed by atoms with Crippen molar-refractivity contribution in [2.45, 2.75) is 88.7 Å². The zero-order valence-corrected chi connectivity index (χ0v) is 12.4. The summed E-state index contributed by atoms with van der Waals surface area (Å²) in [5, 5.41) is 0.394. The van der Waals surface area contributed by atoms with Crippen LogP contribution in [0.5, 0.6) is 0 Å². The summed E-state index contributed by atoms with van der Waals surface area (Å²) in [4.78, 5) is 0. The van der Waals surface area contributed by atoms with Gasteiger partial charge >= 0.3 is 0 Å². The lowest BCUT2D eigenvalue weighted by atomic mass is 9.58. The Labute approximate surface area is 117 Å². The Morgan fingerprint density at radius 3 is 2.28 bits per heavy atom. The Balaban J connectivity index is 1.56. The van der Waals surface area contributed by atoms with Crippen LogP contribution in [0.25, 0.3) is 0 Å². The first-order chi connectivity index (χ1) is 8.71. The van der Waals surface area contributed by atoms with Crippen molar-refractivity contribution >= 4 is 11.6 Å². The summed E-state index contributed by atoms with van der Waals surface area (Å²) in [6, 6.07) is 0. The van der Waals surface area contributed by atoms with Crippen LogP contribution in [-0.4, -0.2) is 17.6 Å². The monoisotopic (exact) mass is 270 g/mol. The maximum atomic E-state index is 6.54. The lowest BCUT2D eigenvalue weighted by Crippen LogP contribution is -2.57. The summed E-state index contributed by atoms with van der Waals surface area (Å²) in [5.74, 6) is 0.913. The highest BCUT2D eigenvalue weighted by molar-refractivity contribution is 6.21. The van der Waals surface area contributed by atoms with Crippen molar-refractivity contribution in [1.29, 1.82) is 0 Å². The van der Waals surface area contributed by atoms with Gasteiger partial charge in [0.2, 0.25) is 0 Å². The van der Waals surface area contributed by atoms with Crippen LogP contribution in [0.4, 0.5) is 0 Å². The normalized spacial score (nSPS) is 43.7. The van der Waals surface area contributed by atoms with Crippen molar-refractivity contribution in [1.82, 2.24) is 0 Å². The van der Waals surface area contributed by atoms with Crippen molar-refractivity contribution in [2.75, 3.05) is 0 Å². The zero-order chi connectivity index (χ0) is 12.6. The molecule has 0 N–H and O–H groups in total. The van der Waals surface area contributed by atoms with E-state index in [1.165, 1.54) is 57.8 Å². The average molecular weight is 271 g/mol. The first kappa shape index (κ1) is 13.2. The number of rotatable bonds is 2. The first-order valence-corrected chi connectivity index (χ1v) is 8.44. The molecule has 3 aliphatic rings. The van der Waals surface area contributed by atoms with Gasteiger partial charge in [0.05, 0.1) is 12.2 Å². The van der Waals surface area contributed by atoms with E-state index in [0.29, 0.717) is 23.0 Å². The molecule has 2 heteroatoms. The lowest BCUT2D eigenvalue weighted by Gasteiger charge is -2.56. The van der Waals surface area contributed by atoms with Crippen LogP contribution in [-0.2, 0) is 4.74 Å². The van der Waals surface area contributed by atoms with Gasteiger partial charge in [-0.15, -0.1) is 11.6 Å². The second kappa shape index (κ2) is 5.32. The van der Waals surface area contributed by atoms with E-state index in [4.69, 9.17) is 16.3 Å². The fourth-order valence-electron chi connectivity index (χ4n) is 4.33. The van der Waals surface area contributed by atoms with E-state index in [1.54, 1.807) is 0 Å². The molecule has 0 aromatic rings. The fraction of sp³-hybridized carbons (Fsp3) is 1.00. The minimum absolute atomic E-state index is 0.364. The Morgan fingerprint density at radius 2 is 1.67 bits per heavy atom. The Bertz CT molecular complexity index is 277. The van der Waals surface area contributed by atoms with E-state index in [0.717, 1.165) is 12.3 Å². The van der Waals surface area contributed by atoms with Gasteiger partial charge in [-0.25, -0.2) is 0 Å². The molecule has 3 fully saturated rings. The second-order valence-corrected chi connectivity index (χ2v) is 7.53. The number of hydrogen-bond acceptors (Lipinski definition) is 1. The molecule has 1 spiro atoms. The zero-order valence-electron chi connectivity index (χ0n) is 11.7. The molecule has 0 aromatic heterocycles. The van der Waals surface area contributed by atoms with Crippen LogP contribution in [0.3, 0.4) is 0 Å². The molecular weight excluding hydrogens is 244 g/mol. The van der Waals surface area contributed by atoms with Crippen LogP contribution in [0.2, 0.25) is 0 Å². The standard InChI is InChI=1S/C16H27ClO/c1-12-5-7-13(8-6-12)18-15-11-14(17)16(15)9-3-2-4-10-16/h12-15H,2-11H2,1H3. The van der Waals surface area contributed by atoms with Crippen LogP contribution in [0.15, 0.2) is 0 Å². The summed E-state index contributed by atoms with van der Waals surface area (Å²) in [5.41, 5.74) is 0.364. The molecule has 0 aliphatic heterocycles. The number of halogens is 1. The van der Waals surface area contributed by atoms with Crippen LogP contribution < -0.4 is 0 Å². The maximum Gasteiger partial charge on any atom is 0.0663 e. The molecule has 3 saturated carbocycles. The molecule has 0 bridgehead atoms. The molecule has 3 rings (SSSR count). The van der Waals surface area contributed by atoms with Crippen LogP contribution in [0, 0.1) is 11.3 Å². The highest BCUT2D eigenvalue weighted by Gasteiger charge is 2.55. The van der Waals surface area contributed by atoms with Gasteiger partial charge < -0.3 is 4.74 Å². The third kappa shape index (κ3) is 2.33. The number of ether oxygens (including phenoxy) is 1. The van der Waals surface area contributed by atoms with E-state index >= 15 is 0 Å². The predicted octanol–water partition coefficient (Wildman–Crippen LogP) is 4.91. The maximum absolute atomic E-state index is 6.54. The highest BCUT2D eigenvalue weighted by Crippen LogP contribution is 2.56. The average Bonchev–Trinajstić information content (AvgIpc) is 2.42. The van der Waals surface area contributed by atoms with Crippen molar-refractivity contribution < 1.29 is 4.74 Å². The molecule has 3 aliphatic carbocycles. The van der Waals surface area contributed by atoms with Gasteiger partial charge in [-0.1, -0.05) is 26.2 Å². The highest BCUT2D eigenvalue weighted by atomic mass is 35.5. The fourth-order valence-corrected chi connectivity index (χ4v) is 4.85. The van der Waals surface area contributed by atoms with E-state index in [9.17, 15) is 0 Å². The predicted molar refractivity (Wildman–Crippen MR) is 76.1 cm³/mol. The van der Waals surface area contributed by atoms with Crippen molar-refractivity contribution in [3.63, 3.8) is 0 Å². The SMILES string of the molecule is CC1CCC(OC2CC(Cl)C23CCCCC3)CC1. The second-order valence-electron chi connectivity index (χ2n) is 7.00. The molecule has 2 atom stereocenters. The van der Waals surface area contributed by atoms with Crippen LogP contribution >= 0.6 is 11.6 Å². The molecule has 0 radical (unpaired) electrons. The minimum Gasteiger partial charge on any atom is -0.374 e. The molecule has 0 heterocycles. The van der Waals surface area contributed by atoms with Gasteiger partial charge in [-0.05, 0) is 50.9 Å². The molecule has 0 aromatic carbocycles. The molecule has 2 unspecified atom stereocenters. The van der Waals surface area contributed by atoms with E-state index in [2.05, 4.69) is 6.92 Å². The Morgan fingerprint density at radius 1 is 1.00 bits per heavy atom. The number of alkyl halides is 1. The largest absolute Gasteiger partial charge is 0.374 e. The third-order valence-electron chi connectivity index (χ3n) is 5.79. The van der Waals surface area contributed by atoms with Crippen molar-refractivity contribution in [3.05, 3.63) is 0 Å². The van der Waals surface area contributed by atoms with Gasteiger partial charge in [0, 0.05) is 10.8 Å². The first-order valence-electron chi connectivity index (χ1n) is 8.00. The number of hydrogen-bond donors (Lipinski definition) is 0. The summed E-state index contributed by atoms with van der Waals surface area (Å²) < 4.78 is 6.45. The Hall–Kier alpha value is 0.250. The summed E-state index contributed by atoms with van der Waals surface area (Å²) in [6.45, 7) is 2.37. The third-order valence-corrected chi connectivity index (χ3v) is 6.40. The molecule has 1 nitrogen and oxygen atoms in total. The van der Waals surface area contributed by atoms with Gasteiger partial charge in [-0.3, -0.25) is 0 Å². The summed E-state index contributed by atoms with van der Waals surface area (Å²) in [6.07, 6.45) is 14.2. The van der Waals surface area contributed by atoms with Gasteiger partial charge in [-0.2, -0.15) is 0 Å². The molecular formula is C16H27ClO. The Kier molecular flexibility index (Phi) is 3.92. The van der Waals surface area contributed by atoms with Crippen molar-refractivity contribution in [3.8, 4) is 0 Å². The molecule has 104 valence electrons. The topological polar surface area (TPSA) is 9.23 Å². The molecule has 0 saturated heterocycles. The summed E-state index contributed by atoms with van der Waals surface area (Å²) >= 11 is 6.54. The van der Waals surface area contributed by atoms with E-state index in [1.807, 2.05) is 0 Å². The van der Waals surface area contributed by atoms with Gasteiger partial charge in [0.25, 0.3) is 0 Å². The molecule has 18 heavy (non-hydrogen) atoms. The summed E-state index contributed by atoms with van der Waals surface area (Å²) in [7, 11) is 0. The van der Waals surface area contributed by atoms with Gasteiger partial charge in [0.1, 0.15) is 0 Å². The van der Waals surface area contributed by atoms with E-state index < -0.39 is 0 Å². The van der Waals surface area contributed by atoms with E-state index in [-0.39, 0.29) is 0 Å². The molecule has 0 amide bonds. The van der Waals surface area contributed by atoms with Crippen molar-refractivity contribution in [2.24, 2.45) is 11.3 Å². The lowest BCUT2D eigenvalue weighted by molar-refractivity contribution is -0.160. The van der Waals surface area contributed by atoms with Gasteiger partial charge in [0.15, 0.2) is 0 Å². The minimum atomic E-state index is 0.364.